The van der Waals surface area contributed by atoms with Crippen molar-refractivity contribution in [2.24, 2.45) is 0 Å². The van der Waals surface area contributed by atoms with Gasteiger partial charge >= 0.3 is 5.97 Å². The highest BCUT2D eigenvalue weighted by Gasteiger charge is 2.39. The molecule has 1 fully saturated rings. The van der Waals surface area contributed by atoms with Crippen molar-refractivity contribution < 1.29 is 28.7 Å². The van der Waals surface area contributed by atoms with Crippen molar-refractivity contribution in [3.63, 3.8) is 0 Å². The van der Waals surface area contributed by atoms with Gasteiger partial charge in [0.1, 0.15) is 5.82 Å². The summed E-state index contributed by atoms with van der Waals surface area (Å²) in [7, 11) is 4.28. The number of benzene rings is 2. The van der Waals surface area contributed by atoms with Gasteiger partial charge in [0.05, 0.1) is 5.54 Å². The van der Waals surface area contributed by atoms with E-state index in [9.17, 15) is 23.6 Å². The van der Waals surface area contributed by atoms with E-state index in [0.717, 1.165) is 47.7 Å². The predicted octanol–water partition coefficient (Wildman–Crippen LogP) is 6.59. The smallest absolute Gasteiger partial charge is 0.303 e. The van der Waals surface area contributed by atoms with E-state index in [1.807, 2.05) is 35.6 Å². The molecule has 50 heavy (non-hydrogen) atoms. The second-order valence-corrected chi connectivity index (χ2v) is 14.7. The van der Waals surface area contributed by atoms with E-state index in [1.165, 1.54) is 17.0 Å². The molecule has 1 aliphatic carbocycles. The molecule has 1 saturated carbocycles. The highest BCUT2D eigenvalue weighted by molar-refractivity contribution is 9.10. The highest BCUT2D eigenvalue weighted by atomic mass is 79.9. The minimum Gasteiger partial charge on any atom is -0.481 e. The maximum Gasteiger partial charge on any atom is 0.303 e. The molecule has 0 saturated heterocycles. The Morgan fingerprint density at radius 2 is 1.34 bits per heavy atom. The Bertz CT molecular complexity index is 1480. The van der Waals surface area contributed by atoms with Crippen LogP contribution in [0.25, 0.3) is 0 Å². The summed E-state index contributed by atoms with van der Waals surface area (Å²) in [5.74, 6) is -1.23. The first-order valence-electron chi connectivity index (χ1n) is 17.2. The Morgan fingerprint density at radius 3 is 1.84 bits per heavy atom. The third-order valence-electron chi connectivity index (χ3n) is 8.91. The van der Waals surface area contributed by atoms with Gasteiger partial charge < -0.3 is 21.1 Å². The Kier molecular flexibility index (Phi) is 17.6. The Labute approximate surface area is 307 Å². The van der Waals surface area contributed by atoms with E-state index in [0.29, 0.717) is 45.2 Å². The molecule has 4 rings (SSSR count). The minimum absolute atomic E-state index is 0.0302. The minimum atomic E-state index is -0.863. The SMILES string of the molecule is CN(C)C1(c2cccs2)CCC(NC(=O)CCCC(=O)NCCc2ccc(F)cc2)CC1.O=C(O)CCCC(=O)NCCc1ccc(Br)cc1. The molecule has 272 valence electrons. The van der Waals surface area contributed by atoms with Crippen LogP contribution in [0.5, 0.6) is 0 Å². The molecule has 0 aliphatic heterocycles. The second kappa shape index (κ2) is 21.6. The van der Waals surface area contributed by atoms with Gasteiger partial charge in [0.15, 0.2) is 0 Å². The van der Waals surface area contributed by atoms with Crippen molar-refractivity contribution in [2.45, 2.75) is 88.6 Å². The summed E-state index contributed by atoms with van der Waals surface area (Å²) < 4.78 is 13.9. The van der Waals surface area contributed by atoms with Gasteiger partial charge in [-0.3, -0.25) is 24.1 Å². The number of halogens is 2. The summed E-state index contributed by atoms with van der Waals surface area (Å²) in [4.78, 5) is 49.7. The molecule has 3 aromatic rings. The molecule has 0 unspecified atom stereocenters. The molecule has 0 bridgehead atoms. The summed E-state index contributed by atoms with van der Waals surface area (Å²) in [5.41, 5.74) is 2.21. The van der Waals surface area contributed by atoms with Crippen LogP contribution in [0.15, 0.2) is 70.5 Å². The number of nitrogens with one attached hydrogen (secondary N) is 3. The number of carboxylic acid groups (broad SMARTS) is 1. The van der Waals surface area contributed by atoms with Crippen LogP contribution in [0.2, 0.25) is 0 Å². The van der Waals surface area contributed by atoms with Crippen molar-refractivity contribution in [2.75, 3.05) is 27.2 Å². The summed E-state index contributed by atoms with van der Waals surface area (Å²) in [5, 5.41) is 19.4. The van der Waals surface area contributed by atoms with Crippen LogP contribution in [0.1, 0.15) is 80.2 Å². The van der Waals surface area contributed by atoms with Gasteiger partial charge in [0.2, 0.25) is 17.7 Å². The molecule has 1 heterocycles. The normalized spacial score (nSPS) is 16.9. The number of amides is 3. The molecule has 0 spiro atoms. The van der Waals surface area contributed by atoms with E-state index in [4.69, 9.17) is 5.11 Å². The average molecular weight is 774 g/mol. The van der Waals surface area contributed by atoms with E-state index in [-0.39, 0.29) is 48.0 Å². The Hall–Kier alpha value is -3.61. The fraction of sp³-hybridized carbons (Fsp3) is 0.474. The number of carbonyl (C=O) groups is 4. The number of nitrogens with zero attached hydrogens (tertiary/aromatic N) is 1. The zero-order valence-electron chi connectivity index (χ0n) is 29.0. The number of hydrogen-bond acceptors (Lipinski definition) is 6. The predicted molar refractivity (Wildman–Crippen MR) is 199 cm³/mol. The van der Waals surface area contributed by atoms with E-state index in [2.05, 4.69) is 68.4 Å². The maximum absolute atomic E-state index is 12.9. The van der Waals surface area contributed by atoms with Crippen LogP contribution in [0, 0.1) is 5.82 Å². The molecule has 0 radical (unpaired) electrons. The molecule has 1 aromatic heterocycles. The van der Waals surface area contributed by atoms with Crippen molar-refractivity contribution >= 4 is 51.0 Å². The first kappa shape index (κ1) is 40.8. The van der Waals surface area contributed by atoms with Gasteiger partial charge in [-0.1, -0.05) is 46.3 Å². The zero-order valence-corrected chi connectivity index (χ0v) is 31.4. The van der Waals surface area contributed by atoms with Gasteiger partial charge in [0.25, 0.3) is 0 Å². The number of thiophene rings is 1. The Balaban J connectivity index is 0.000000319. The molecule has 1 aliphatic rings. The van der Waals surface area contributed by atoms with Crippen LogP contribution in [-0.4, -0.2) is 66.9 Å². The van der Waals surface area contributed by atoms with Gasteiger partial charge in [-0.05, 0) is 112 Å². The van der Waals surface area contributed by atoms with Crippen LogP contribution >= 0.6 is 27.3 Å². The summed E-state index contributed by atoms with van der Waals surface area (Å²) in [6, 6.07) is 18.7. The number of rotatable bonds is 17. The summed E-state index contributed by atoms with van der Waals surface area (Å²) in [6.45, 7) is 1.09. The third-order valence-corrected chi connectivity index (χ3v) is 10.5. The molecule has 2 aromatic carbocycles. The quantitative estimate of drug-likeness (QED) is 0.123. The number of aliphatic carboxylic acids is 1. The van der Waals surface area contributed by atoms with E-state index in [1.54, 1.807) is 12.1 Å². The fourth-order valence-electron chi connectivity index (χ4n) is 5.98. The molecule has 3 amide bonds. The summed E-state index contributed by atoms with van der Waals surface area (Å²) in [6.07, 6.45) is 7.37. The second-order valence-electron chi connectivity index (χ2n) is 12.8. The topological polar surface area (TPSA) is 128 Å². The lowest BCUT2D eigenvalue weighted by Gasteiger charge is -2.44. The number of carbonyl (C=O) groups excluding carboxylic acids is 3. The lowest BCUT2D eigenvalue weighted by atomic mass is 9.77. The fourth-order valence-corrected chi connectivity index (χ4v) is 7.31. The molecule has 9 nitrogen and oxygen atoms in total. The third kappa shape index (κ3) is 14.7. The lowest BCUT2D eigenvalue weighted by Crippen LogP contribution is -2.48. The molecular formula is C38H50BrFN4O5S. The first-order valence-corrected chi connectivity index (χ1v) is 18.9. The molecular weight excluding hydrogens is 723 g/mol. The van der Waals surface area contributed by atoms with Crippen molar-refractivity contribution in [1.82, 2.24) is 20.9 Å². The first-order chi connectivity index (χ1) is 24.0. The van der Waals surface area contributed by atoms with Crippen LogP contribution in [0.3, 0.4) is 0 Å². The van der Waals surface area contributed by atoms with Crippen molar-refractivity contribution in [3.8, 4) is 0 Å². The molecule has 0 atom stereocenters. The molecule has 12 heteroatoms. The molecule has 4 N–H and O–H groups in total. The number of carboxylic acids is 1. The standard InChI is InChI=1S/C25H34FN3O2S.C13H16BrNO3/c1-29(2)25(22-5-4-18-32-22)15-12-21(13-16-25)28-24(31)7-3-6-23(30)27-17-14-19-8-10-20(26)11-9-19;14-11-6-4-10(5-7-11)8-9-15-12(16)2-1-3-13(17)18/h4-5,8-11,18,21H,3,6-7,12-17H2,1-2H3,(H,27,30)(H,28,31);4-7H,1-3,8-9H2,(H,15,16)(H,17,18). The zero-order chi connectivity index (χ0) is 36.4. The number of hydrogen-bond donors (Lipinski definition) is 4. The lowest BCUT2D eigenvalue weighted by molar-refractivity contribution is -0.137. The summed E-state index contributed by atoms with van der Waals surface area (Å²) >= 11 is 5.17. The van der Waals surface area contributed by atoms with Gasteiger partial charge in [-0.15, -0.1) is 11.3 Å². The van der Waals surface area contributed by atoms with Gasteiger partial charge in [0, 0.05) is 54.2 Å². The highest BCUT2D eigenvalue weighted by Crippen LogP contribution is 2.43. The largest absolute Gasteiger partial charge is 0.481 e. The Morgan fingerprint density at radius 1 is 0.820 bits per heavy atom. The van der Waals surface area contributed by atoms with Crippen LogP contribution in [-0.2, 0) is 37.6 Å². The monoisotopic (exact) mass is 772 g/mol. The maximum atomic E-state index is 12.9. The van der Waals surface area contributed by atoms with Gasteiger partial charge in [-0.2, -0.15) is 0 Å². The van der Waals surface area contributed by atoms with Crippen molar-refractivity contribution in [3.05, 3.63) is 92.3 Å². The van der Waals surface area contributed by atoms with E-state index >= 15 is 0 Å². The van der Waals surface area contributed by atoms with Crippen LogP contribution in [0.4, 0.5) is 4.39 Å². The van der Waals surface area contributed by atoms with Crippen molar-refractivity contribution in [1.29, 1.82) is 0 Å². The average Bonchev–Trinajstić information content (AvgIpc) is 3.63. The van der Waals surface area contributed by atoms with Gasteiger partial charge in [-0.25, -0.2) is 4.39 Å². The van der Waals surface area contributed by atoms with E-state index < -0.39 is 5.97 Å². The van der Waals surface area contributed by atoms with Crippen LogP contribution < -0.4 is 16.0 Å².